The van der Waals surface area contributed by atoms with Crippen LogP contribution in [-0.4, -0.2) is 60.3 Å². The lowest BCUT2D eigenvalue weighted by Crippen LogP contribution is -2.43. The highest BCUT2D eigenvalue weighted by atomic mass is 19.4. The molecule has 1 saturated heterocycles. The van der Waals surface area contributed by atoms with Gasteiger partial charge >= 0.3 is 12.1 Å². The van der Waals surface area contributed by atoms with Crippen LogP contribution < -0.4 is 11.1 Å². The SMILES string of the molecule is NC(CCC(=O)O)C(=O)NCC1CCN(CC(F)(F)F)C1. The number of amides is 1. The van der Waals surface area contributed by atoms with Crippen molar-refractivity contribution in [2.75, 3.05) is 26.2 Å². The zero-order chi connectivity index (χ0) is 16.0. The largest absolute Gasteiger partial charge is 0.481 e. The molecule has 0 bridgehead atoms. The summed E-state index contributed by atoms with van der Waals surface area (Å²) in [5.41, 5.74) is 5.53. The van der Waals surface area contributed by atoms with Crippen molar-refractivity contribution in [3.8, 4) is 0 Å². The van der Waals surface area contributed by atoms with Gasteiger partial charge in [0.15, 0.2) is 0 Å². The Labute approximate surface area is 120 Å². The molecule has 0 aromatic rings. The second-order valence-electron chi connectivity index (χ2n) is 5.29. The minimum absolute atomic E-state index is 0.0338. The third kappa shape index (κ3) is 7.28. The molecule has 0 aliphatic carbocycles. The summed E-state index contributed by atoms with van der Waals surface area (Å²) in [5, 5.41) is 11.1. The Morgan fingerprint density at radius 1 is 1.43 bits per heavy atom. The smallest absolute Gasteiger partial charge is 0.401 e. The fraction of sp³-hybridized carbons (Fsp3) is 0.833. The maximum atomic E-state index is 12.2. The van der Waals surface area contributed by atoms with Crippen LogP contribution in [0.3, 0.4) is 0 Å². The van der Waals surface area contributed by atoms with Crippen LogP contribution in [0.25, 0.3) is 0 Å². The third-order valence-corrected chi connectivity index (χ3v) is 3.34. The molecule has 0 radical (unpaired) electrons. The molecular weight excluding hydrogens is 291 g/mol. The Morgan fingerprint density at radius 3 is 2.67 bits per heavy atom. The van der Waals surface area contributed by atoms with Crippen LogP contribution in [0.1, 0.15) is 19.3 Å². The van der Waals surface area contributed by atoms with Gasteiger partial charge in [-0.2, -0.15) is 13.2 Å². The van der Waals surface area contributed by atoms with E-state index in [4.69, 9.17) is 10.8 Å². The fourth-order valence-corrected chi connectivity index (χ4v) is 2.26. The number of nitrogens with two attached hydrogens (primary N) is 1. The number of nitrogens with zero attached hydrogens (tertiary/aromatic N) is 1. The van der Waals surface area contributed by atoms with Gasteiger partial charge in [-0.25, -0.2) is 0 Å². The van der Waals surface area contributed by atoms with Gasteiger partial charge in [-0.1, -0.05) is 0 Å². The number of carbonyl (C=O) groups is 2. The molecule has 2 unspecified atom stereocenters. The predicted octanol–water partition coefficient (Wildman–Crippen LogP) is 0.179. The first-order valence-corrected chi connectivity index (χ1v) is 6.71. The lowest BCUT2D eigenvalue weighted by Gasteiger charge is -2.18. The summed E-state index contributed by atoms with van der Waals surface area (Å²) >= 11 is 0. The highest BCUT2D eigenvalue weighted by molar-refractivity contribution is 5.82. The van der Waals surface area contributed by atoms with E-state index in [-0.39, 0.29) is 31.8 Å². The summed E-state index contributed by atoms with van der Waals surface area (Å²) in [6.07, 6.45) is -3.79. The van der Waals surface area contributed by atoms with Crippen molar-refractivity contribution in [1.82, 2.24) is 10.2 Å². The molecule has 21 heavy (non-hydrogen) atoms. The topological polar surface area (TPSA) is 95.7 Å². The molecule has 122 valence electrons. The van der Waals surface area contributed by atoms with E-state index in [0.717, 1.165) is 0 Å². The number of rotatable bonds is 7. The maximum Gasteiger partial charge on any atom is 0.401 e. The molecule has 0 spiro atoms. The molecule has 1 rings (SSSR count). The van der Waals surface area contributed by atoms with Crippen LogP contribution in [-0.2, 0) is 9.59 Å². The Kier molecular flexibility index (Phi) is 6.41. The molecule has 1 aliphatic heterocycles. The molecule has 9 heteroatoms. The summed E-state index contributed by atoms with van der Waals surface area (Å²) in [5.74, 6) is -1.54. The number of carboxylic acid groups (broad SMARTS) is 1. The molecule has 1 heterocycles. The van der Waals surface area contributed by atoms with E-state index in [1.165, 1.54) is 4.90 Å². The Bertz CT molecular complexity index is 376. The van der Waals surface area contributed by atoms with Gasteiger partial charge in [-0.15, -0.1) is 0 Å². The van der Waals surface area contributed by atoms with Crippen LogP contribution in [0.15, 0.2) is 0 Å². The first-order valence-electron chi connectivity index (χ1n) is 6.71. The van der Waals surface area contributed by atoms with Crippen molar-refractivity contribution in [2.45, 2.75) is 31.5 Å². The van der Waals surface area contributed by atoms with E-state index in [1.807, 2.05) is 0 Å². The average molecular weight is 311 g/mol. The average Bonchev–Trinajstić information content (AvgIpc) is 2.78. The van der Waals surface area contributed by atoms with Gasteiger partial charge in [0.1, 0.15) is 0 Å². The second kappa shape index (κ2) is 7.60. The predicted molar refractivity (Wildman–Crippen MR) is 68.5 cm³/mol. The number of alkyl halides is 3. The van der Waals surface area contributed by atoms with Gasteiger partial charge in [-0.05, 0) is 25.3 Å². The van der Waals surface area contributed by atoms with Gasteiger partial charge in [0.05, 0.1) is 12.6 Å². The van der Waals surface area contributed by atoms with E-state index in [2.05, 4.69) is 5.32 Å². The number of carbonyl (C=O) groups excluding carboxylic acids is 1. The summed E-state index contributed by atoms with van der Waals surface area (Å²) in [4.78, 5) is 23.3. The summed E-state index contributed by atoms with van der Waals surface area (Å²) in [6.45, 7) is -0.0429. The third-order valence-electron chi connectivity index (χ3n) is 3.34. The van der Waals surface area contributed by atoms with Crippen molar-refractivity contribution >= 4 is 11.9 Å². The zero-order valence-electron chi connectivity index (χ0n) is 11.5. The first-order chi connectivity index (χ1) is 9.67. The second-order valence-corrected chi connectivity index (χ2v) is 5.29. The molecule has 1 fully saturated rings. The normalized spacial score (nSPS) is 21.2. The lowest BCUT2D eigenvalue weighted by atomic mass is 10.1. The monoisotopic (exact) mass is 311 g/mol. The quantitative estimate of drug-likeness (QED) is 0.623. The molecule has 1 amide bonds. The van der Waals surface area contributed by atoms with Crippen LogP contribution in [0.4, 0.5) is 13.2 Å². The molecule has 2 atom stereocenters. The fourth-order valence-electron chi connectivity index (χ4n) is 2.26. The van der Waals surface area contributed by atoms with Crippen molar-refractivity contribution in [3.63, 3.8) is 0 Å². The summed E-state index contributed by atoms with van der Waals surface area (Å²) in [6, 6.07) is -0.909. The number of carboxylic acids is 1. The Hall–Kier alpha value is -1.35. The van der Waals surface area contributed by atoms with Gasteiger partial charge < -0.3 is 16.2 Å². The van der Waals surface area contributed by atoms with Gasteiger partial charge in [-0.3, -0.25) is 14.5 Å². The Balaban J connectivity index is 2.24. The van der Waals surface area contributed by atoms with Crippen LogP contribution in [0, 0.1) is 5.92 Å². The number of hydrogen-bond acceptors (Lipinski definition) is 4. The number of halogens is 3. The molecule has 0 aromatic carbocycles. The number of hydrogen-bond donors (Lipinski definition) is 3. The van der Waals surface area contributed by atoms with Crippen molar-refractivity contribution in [3.05, 3.63) is 0 Å². The van der Waals surface area contributed by atoms with Gasteiger partial charge in [0.25, 0.3) is 0 Å². The van der Waals surface area contributed by atoms with E-state index in [0.29, 0.717) is 13.0 Å². The highest BCUT2D eigenvalue weighted by Crippen LogP contribution is 2.22. The van der Waals surface area contributed by atoms with Gasteiger partial charge in [0, 0.05) is 19.5 Å². The number of likely N-dealkylation sites (tertiary alicyclic amines) is 1. The highest BCUT2D eigenvalue weighted by Gasteiger charge is 2.34. The van der Waals surface area contributed by atoms with Crippen LogP contribution >= 0.6 is 0 Å². The van der Waals surface area contributed by atoms with Crippen molar-refractivity contribution in [1.29, 1.82) is 0 Å². The molecule has 6 nitrogen and oxygen atoms in total. The van der Waals surface area contributed by atoms with Crippen molar-refractivity contribution in [2.24, 2.45) is 11.7 Å². The van der Waals surface area contributed by atoms with E-state index >= 15 is 0 Å². The maximum absolute atomic E-state index is 12.2. The van der Waals surface area contributed by atoms with Crippen molar-refractivity contribution < 1.29 is 27.9 Å². The number of nitrogens with one attached hydrogen (secondary N) is 1. The first kappa shape index (κ1) is 17.7. The molecule has 1 aliphatic rings. The summed E-state index contributed by atoms with van der Waals surface area (Å²) in [7, 11) is 0. The van der Waals surface area contributed by atoms with Crippen LogP contribution in [0.2, 0.25) is 0 Å². The minimum Gasteiger partial charge on any atom is -0.481 e. The van der Waals surface area contributed by atoms with Crippen LogP contribution in [0.5, 0.6) is 0 Å². The molecule has 0 aromatic heterocycles. The number of aliphatic carboxylic acids is 1. The summed E-state index contributed by atoms with van der Waals surface area (Å²) < 4.78 is 36.7. The minimum atomic E-state index is -4.21. The lowest BCUT2D eigenvalue weighted by molar-refractivity contribution is -0.144. The zero-order valence-corrected chi connectivity index (χ0v) is 11.5. The Morgan fingerprint density at radius 2 is 2.10 bits per heavy atom. The standard InChI is InChI=1S/C12H20F3N3O3/c13-12(14,15)7-18-4-3-8(6-18)5-17-11(21)9(16)1-2-10(19)20/h8-9H,1-7,16H2,(H,17,21)(H,19,20). The molecule has 4 N–H and O–H groups in total. The van der Waals surface area contributed by atoms with E-state index in [1.54, 1.807) is 0 Å². The van der Waals surface area contributed by atoms with E-state index in [9.17, 15) is 22.8 Å². The van der Waals surface area contributed by atoms with E-state index < -0.39 is 30.6 Å². The van der Waals surface area contributed by atoms with Gasteiger partial charge in [0.2, 0.25) is 5.91 Å². The molecular formula is C12H20F3N3O3. The molecule has 0 saturated carbocycles.